The van der Waals surface area contributed by atoms with Gasteiger partial charge in [0.05, 0.1) is 0 Å². The highest BCUT2D eigenvalue weighted by molar-refractivity contribution is 4.77. The van der Waals surface area contributed by atoms with Crippen molar-refractivity contribution in [3.05, 3.63) is 12.7 Å². The highest BCUT2D eigenvalue weighted by Crippen LogP contribution is 1.96. The predicted molar refractivity (Wildman–Crippen MR) is 50.8 cm³/mol. The molecule has 66 valence electrons. The molecule has 1 atom stereocenters. The maximum atomic E-state index is 3.73. The number of rotatable bonds is 6. The smallest absolute Gasteiger partial charge is 0.0195 e. The van der Waals surface area contributed by atoms with Crippen LogP contribution in [0.2, 0.25) is 0 Å². The molecule has 0 saturated carbocycles. The molecule has 0 aliphatic rings. The first-order chi connectivity index (χ1) is 5.26. The quantitative estimate of drug-likeness (QED) is 0.579. The van der Waals surface area contributed by atoms with Gasteiger partial charge in [0.15, 0.2) is 0 Å². The second kappa shape index (κ2) is 6.38. The molecule has 0 aliphatic heterocycles. The van der Waals surface area contributed by atoms with E-state index < -0.39 is 0 Å². The highest BCUT2D eigenvalue weighted by atomic mass is 15.2. The lowest BCUT2D eigenvalue weighted by atomic mass is 10.3. The third kappa shape index (κ3) is 4.17. The van der Waals surface area contributed by atoms with E-state index in [0.717, 1.165) is 19.6 Å². The second-order valence-electron chi connectivity index (χ2n) is 2.78. The molecule has 0 radical (unpaired) electrons. The van der Waals surface area contributed by atoms with Crippen LogP contribution in [0.3, 0.4) is 0 Å². The molecule has 2 heteroatoms. The lowest BCUT2D eigenvalue weighted by Crippen LogP contribution is -2.39. The van der Waals surface area contributed by atoms with Crippen LogP contribution in [0.5, 0.6) is 0 Å². The molecular weight excluding hydrogens is 136 g/mol. The minimum absolute atomic E-state index is 0.600. The monoisotopic (exact) mass is 156 g/mol. The maximum absolute atomic E-state index is 3.73. The molecule has 0 aliphatic carbocycles. The predicted octanol–water partition coefficient (Wildman–Crippen LogP) is 1.10. The van der Waals surface area contributed by atoms with Gasteiger partial charge in [0.2, 0.25) is 0 Å². The largest absolute Gasteiger partial charge is 0.318 e. The normalized spacial score (nSPS) is 13.5. The maximum Gasteiger partial charge on any atom is 0.0195 e. The van der Waals surface area contributed by atoms with Crippen molar-refractivity contribution >= 4 is 0 Å². The molecule has 0 fully saturated rings. The van der Waals surface area contributed by atoms with Crippen molar-refractivity contribution in [2.24, 2.45) is 0 Å². The highest BCUT2D eigenvalue weighted by Gasteiger charge is 2.07. The summed E-state index contributed by atoms with van der Waals surface area (Å²) in [6.45, 7) is 11.3. The summed E-state index contributed by atoms with van der Waals surface area (Å²) in [4.78, 5) is 2.38. The van der Waals surface area contributed by atoms with Crippen molar-refractivity contribution in [3.63, 3.8) is 0 Å². The summed E-state index contributed by atoms with van der Waals surface area (Å²) in [5.74, 6) is 0. The van der Waals surface area contributed by atoms with E-state index in [1.165, 1.54) is 0 Å². The fourth-order valence-corrected chi connectivity index (χ4v) is 1.21. The molecule has 0 aromatic heterocycles. The number of nitrogens with zero attached hydrogens (tertiary/aromatic N) is 1. The Morgan fingerprint density at radius 3 is 2.64 bits per heavy atom. The molecule has 0 amide bonds. The Hall–Kier alpha value is -0.340. The summed E-state index contributed by atoms with van der Waals surface area (Å²) in [7, 11) is 1.98. The minimum atomic E-state index is 0.600. The summed E-state index contributed by atoms with van der Waals surface area (Å²) >= 11 is 0. The molecule has 11 heavy (non-hydrogen) atoms. The summed E-state index contributed by atoms with van der Waals surface area (Å²) < 4.78 is 0. The van der Waals surface area contributed by atoms with Crippen molar-refractivity contribution in [2.45, 2.75) is 19.9 Å². The molecule has 0 aromatic rings. The van der Waals surface area contributed by atoms with Gasteiger partial charge in [-0.3, -0.25) is 4.90 Å². The van der Waals surface area contributed by atoms with Crippen molar-refractivity contribution in [3.8, 4) is 0 Å². The van der Waals surface area contributed by atoms with E-state index in [0.29, 0.717) is 6.04 Å². The van der Waals surface area contributed by atoms with Gasteiger partial charge in [-0.15, -0.1) is 6.58 Å². The van der Waals surface area contributed by atoms with Crippen LogP contribution in [0, 0.1) is 0 Å². The Morgan fingerprint density at radius 2 is 2.27 bits per heavy atom. The third-order valence-electron chi connectivity index (χ3n) is 1.89. The Balaban J connectivity index is 3.70. The van der Waals surface area contributed by atoms with Crippen LogP contribution >= 0.6 is 0 Å². The molecule has 0 heterocycles. The Kier molecular flexibility index (Phi) is 6.18. The van der Waals surface area contributed by atoms with Crippen LogP contribution < -0.4 is 5.32 Å². The van der Waals surface area contributed by atoms with Crippen LogP contribution in [-0.2, 0) is 0 Å². The van der Waals surface area contributed by atoms with Crippen LogP contribution in [0.15, 0.2) is 12.7 Å². The van der Waals surface area contributed by atoms with Gasteiger partial charge in [0.25, 0.3) is 0 Å². The van der Waals surface area contributed by atoms with Crippen LogP contribution in [0.25, 0.3) is 0 Å². The van der Waals surface area contributed by atoms with E-state index in [4.69, 9.17) is 0 Å². The molecule has 0 aromatic carbocycles. The van der Waals surface area contributed by atoms with E-state index in [2.05, 4.69) is 30.6 Å². The summed E-state index contributed by atoms with van der Waals surface area (Å²) in [6, 6.07) is 0.600. The lowest BCUT2D eigenvalue weighted by Gasteiger charge is -2.26. The first-order valence-electron chi connectivity index (χ1n) is 4.25. The average Bonchev–Trinajstić information content (AvgIpc) is 2.00. The van der Waals surface area contributed by atoms with Crippen LogP contribution in [-0.4, -0.2) is 37.6 Å². The SMILES string of the molecule is C=CCN(CC)C(C)CNC. The van der Waals surface area contributed by atoms with E-state index in [1.54, 1.807) is 0 Å². The van der Waals surface area contributed by atoms with Crippen LogP contribution in [0.1, 0.15) is 13.8 Å². The van der Waals surface area contributed by atoms with Crippen LogP contribution in [0.4, 0.5) is 0 Å². The summed E-state index contributed by atoms with van der Waals surface area (Å²) in [6.07, 6.45) is 1.95. The Bertz CT molecular complexity index is 102. The zero-order valence-corrected chi connectivity index (χ0v) is 7.93. The fraction of sp³-hybridized carbons (Fsp3) is 0.778. The van der Waals surface area contributed by atoms with Gasteiger partial charge in [0.1, 0.15) is 0 Å². The zero-order chi connectivity index (χ0) is 8.69. The van der Waals surface area contributed by atoms with Gasteiger partial charge < -0.3 is 5.32 Å². The number of nitrogens with one attached hydrogen (secondary N) is 1. The Labute approximate surface area is 70.3 Å². The third-order valence-corrected chi connectivity index (χ3v) is 1.89. The first kappa shape index (κ1) is 10.7. The number of hydrogen-bond acceptors (Lipinski definition) is 2. The Morgan fingerprint density at radius 1 is 1.64 bits per heavy atom. The van der Waals surface area contributed by atoms with Crippen molar-refractivity contribution in [1.29, 1.82) is 0 Å². The molecule has 1 unspecified atom stereocenters. The first-order valence-corrected chi connectivity index (χ1v) is 4.25. The molecule has 0 spiro atoms. The van der Waals surface area contributed by atoms with E-state index in [-0.39, 0.29) is 0 Å². The average molecular weight is 156 g/mol. The molecule has 1 N–H and O–H groups in total. The lowest BCUT2D eigenvalue weighted by molar-refractivity contribution is 0.240. The fourth-order valence-electron chi connectivity index (χ4n) is 1.21. The van der Waals surface area contributed by atoms with E-state index >= 15 is 0 Å². The minimum Gasteiger partial charge on any atom is -0.318 e. The summed E-state index contributed by atoms with van der Waals surface area (Å²) in [5, 5.41) is 3.16. The molecule has 0 rings (SSSR count). The van der Waals surface area contributed by atoms with Crippen molar-refractivity contribution < 1.29 is 0 Å². The van der Waals surface area contributed by atoms with Crippen molar-refractivity contribution in [1.82, 2.24) is 10.2 Å². The number of likely N-dealkylation sites (N-methyl/N-ethyl adjacent to an activating group) is 2. The standard InChI is InChI=1S/C9H20N2/c1-5-7-11(6-2)9(3)8-10-4/h5,9-10H,1,6-8H2,2-4H3. The molecule has 2 nitrogen and oxygen atoms in total. The van der Waals surface area contributed by atoms with Gasteiger partial charge in [-0.2, -0.15) is 0 Å². The van der Waals surface area contributed by atoms with E-state index in [9.17, 15) is 0 Å². The number of hydrogen-bond donors (Lipinski definition) is 1. The summed E-state index contributed by atoms with van der Waals surface area (Å²) in [5.41, 5.74) is 0. The zero-order valence-electron chi connectivity index (χ0n) is 7.93. The van der Waals surface area contributed by atoms with E-state index in [1.807, 2.05) is 13.1 Å². The van der Waals surface area contributed by atoms with Gasteiger partial charge in [-0.25, -0.2) is 0 Å². The molecule has 0 saturated heterocycles. The molecule has 0 bridgehead atoms. The van der Waals surface area contributed by atoms with Crippen molar-refractivity contribution in [2.75, 3.05) is 26.7 Å². The second-order valence-corrected chi connectivity index (χ2v) is 2.78. The van der Waals surface area contributed by atoms with Gasteiger partial charge in [-0.1, -0.05) is 13.0 Å². The molecular formula is C9H20N2. The van der Waals surface area contributed by atoms with Gasteiger partial charge in [-0.05, 0) is 20.5 Å². The van der Waals surface area contributed by atoms with Gasteiger partial charge >= 0.3 is 0 Å². The van der Waals surface area contributed by atoms with Gasteiger partial charge in [0, 0.05) is 19.1 Å². The topological polar surface area (TPSA) is 15.3 Å².